The van der Waals surface area contributed by atoms with Crippen molar-refractivity contribution in [1.29, 1.82) is 0 Å². The van der Waals surface area contributed by atoms with E-state index in [0.29, 0.717) is 17.5 Å². The van der Waals surface area contributed by atoms with Crippen LogP contribution in [0.2, 0.25) is 0 Å². The molecular formula is C57H36N4. The lowest BCUT2D eigenvalue weighted by atomic mass is 9.98. The third-order valence-corrected chi connectivity index (χ3v) is 12.0. The SMILES string of the molecule is c1ccc(-c2ccc(-c3ccc(-c4nc(-c5ccc(-c6ccccc6)cc5)nc(-c5cccc(-c6cc7c8ccccc8n8c9ccccc9c(c6)c78)c5)n4)cc3)cc2)cc1. The van der Waals surface area contributed by atoms with Gasteiger partial charge < -0.3 is 4.40 Å². The molecule has 0 saturated heterocycles. The Labute approximate surface area is 353 Å². The number of hydrogen-bond donors (Lipinski definition) is 0. The summed E-state index contributed by atoms with van der Waals surface area (Å²) in [6.45, 7) is 0. The maximum atomic E-state index is 5.18. The maximum Gasteiger partial charge on any atom is 0.164 e. The van der Waals surface area contributed by atoms with Gasteiger partial charge in [0, 0.05) is 38.2 Å². The maximum absolute atomic E-state index is 5.18. The van der Waals surface area contributed by atoms with Gasteiger partial charge in [0.05, 0.1) is 16.6 Å². The van der Waals surface area contributed by atoms with Crippen molar-refractivity contribution in [3.63, 3.8) is 0 Å². The second-order valence-corrected chi connectivity index (χ2v) is 15.6. The number of benzene rings is 9. The summed E-state index contributed by atoms with van der Waals surface area (Å²) in [5.74, 6) is 1.88. The molecule has 0 amide bonds. The van der Waals surface area contributed by atoms with E-state index in [1.807, 2.05) is 12.1 Å². The van der Waals surface area contributed by atoms with Gasteiger partial charge >= 0.3 is 0 Å². The Morgan fingerprint density at radius 1 is 0.230 bits per heavy atom. The van der Waals surface area contributed by atoms with Gasteiger partial charge in [-0.05, 0) is 74.8 Å². The second kappa shape index (κ2) is 14.3. The Hall–Kier alpha value is -8.21. The molecule has 3 heterocycles. The van der Waals surface area contributed by atoms with Crippen LogP contribution >= 0.6 is 0 Å². The predicted octanol–water partition coefficient (Wildman–Crippen LogP) is 14.7. The molecule has 0 unspecified atom stereocenters. The van der Waals surface area contributed by atoms with E-state index in [4.69, 9.17) is 15.0 Å². The molecule has 0 fully saturated rings. The molecule has 284 valence electrons. The smallest absolute Gasteiger partial charge is 0.164 e. The average Bonchev–Trinajstić information content (AvgIpc) is 3.87. The largest absolute Gasteiger partial charge is 0.308 e. The van der Waals surface area contributed by atoms with E-state index < -0.39 is 0 Å². The number of rotatable bonds is 7. The molecule has 9 aromatic carbocycles. The van der Waals surface area contributed by atoms with Gasteiger partial charge in [-0.15, -0.1) is 0 Å². The molecule has 0 bridgehead atoms. The van der Waals surface area contributed by atoms with Crippen molar-refractivity contribution >= 4 is 38.1 Å². The third kappa shape index (κ3) is 6.04. The summed E-state index contributed by atoms with van der Waals surface area (Å²) in [5.41, 5.74) is 15.8. The van der Waals surface area contributed by atoms with Crippen LogP contribution in [0.25, 0.3) is 117 Å². The van der Waals surface area contributed by atoms with Crippen LogP contribution in [0.5, 0.6) is 0 Å². The van der Waals surface area contributed by atoms with Gasteiger partial charge in [0.1, 0.15) is 0 Å². The molecule has 61 heavy (non-hydrogen) atoms. The molecule has 4 heteroatoms. The highest BCUT2D eigenvalue weighted by Crippen LogP contribution is 2.42. The molecule has 0 aliphatic heterocycles. The summed E-state index contributed by atoms with van der Waals surface area (Å²) in [6, 6.07) is 77.4. The van der Waals surface area contributed by atoms with Crippen LogP contribution in [0, 0.1) is 0 Å². The summed E-state index contributed by atoms with van der Waals surface area (Å²) in [4.78, 5) is 15.5. The van der Waals surface area contributed by atoms with Crippen molar-refractivity contribution in [3.8, 4) is 78.7 Å². The molecule has 3 aromatic heterocycles. The Bertz CT molecular complexity index is 3450. The van der Waals surface area contributed by atoms with Crippen molar-refractivity contribution in [2.24, 2.45) is 0 Å². The van der Waals surface area contributed by atoms with E-state index in [2.05, 4.69) is 211 Å². The minimum absolute atomic E-state index is 0.627. The first-order chi connectivity index (χ1) is 30.2. The standard InChI is InChI=1S/C57H36N4/c1-3-12-37(13-4-1)39-22-24-41(25-23-39)42-28-32-44(33-29-42)56-58-55(43-30-26-40(27-31-43)38-14-5-2-6-15-38)59-57(60-56)46-17-11-16-45(34-46)47-35-50-48-18-7-9-20-52(48)61-53-21-10-8-19-49(53)51(36-47)54(50)61/h1-36H. The van der Waals surface area contributed by atoms with Crippen LogP contribution in [0.1, 0.15) is 0 Å². The zero-order chi connectivity index (χ0) is 40.3. The minimum atomic E-state index is 0.627. The van der Waals surface area contributed by atoms with Crippen LogP contribution < -0.4 is 0 Å². The van der Waals surface area contributed by atoms with E-state index in [9.17, 15) is 0 Å². The van der Waals surface area contributed by atoms with Gasteiger partial charge in [-0.1, -0.05) is 188 Å². The predicted molar refractivity (Wildman–Crippen MR) is 253 cm³/mol. The molecule has 0 aliphatic rings. The minimum Gasteiger partial charge on any atom is -0.308 e. The van der Waals surface area contributed by atoms with Gasteiger partial charge in [0.25, 0.3) is 0 Å². The van der Waals surface area contributed by atoms with E-state index in [0.717, 1.165) is 44.5 Å². The van der Waals surface area contributed by atoms with Crippen molar-refractivity contribution < 1.29 is 0 Å². The van der Waals surface area contributed by atoms with Gasteiger partial charge in [-0.3, -0.25) is 0 Å². The van der Waals surface area contributed by atoms with Crippen molar-refractivity contribution in [1.82, 2.24) is 19.4 Å². The van der Waals surface area contributed by atoms with E-state index in [1.54, 1.807) is 0 Å². The second-order valence-electron chi connectivity index (χ2n) is 15.6. The van der Waals surface area contributed by atoms with Crippen molar-refractivity contribution in [2.75, 3.05) is 0 Å². The highest BCUT2D eigenvalue weighted by Gasteiger charge is 2.19. The first-order valence-corrected chi connectivity index (χ1v) is 20.7. The van der Waals surface area contributed by atoms with Crippen molar-refractivity contribution in [3.05, 3.63) is 218 Å². The summed E-state index contributed by atoms with van der Waals surface area (Å²) < 4.78 is 2.42. The average molecular weight is 777 g/mol. The highest BCUT2D eigenvalue weighted by molar-refractivity contribution is 6.24. The molecule has 0 spiro atoms. The Morgan fingerprint density at radius 3 is 1.03 bits per heavy atom. The van der Waals surface area contributed by atoms with Crippen LogP contribution in [0.15, 0.2) is 218 Å². The number of para-hydroxylation sites is 2. The lowest BCUT2D eigenvalue weighted by Gasteiger charge is -2.11. The molecule has 12 aromatic rings. The lowest BCUT2D eigenvalue weighted by Crippen LogP contribution is -2.00. The van der Waals surface area contributed by atoms with Crippen LogP contribution in [-0.2, 0) is 0 Å². The zero-order valence-electron chi connectivity index (χ0n) is 33.1. The highest BCUT2D eigenvalue weighted by atomic mass is 15.0. The molecule has 0 saturated carbocycles. The molecule has 0 radical (unpaired) electrons. The van der Waals surface area contributed by atoms with Gasteiger partial charge in [0.2, 0.25) is 0 Å². The molecule has 0 atom stereocenters. The van der Waals surface area contributed by atoms with E-state index >= 15 is 0 Å². The number of fused-ring (bicyclic) bond motifs is 6. The summed E-state index contributed by atoms with van der Waals surface area (Å²) >= 11 is 0. The van der Waals surface area contributed by atoms with Gasteiger partial charge in [0.15, 0.2) is 17.5 Å². The monoisotopic (exact) mass is 776 g/mol. The van der Waals surface area contributed by atoms with E-state index in [1.165, 1.54) is 54.8 Å². The van der Waals surface area contributed by atoms with Crippen LogP contribution in [-0.4, -0.2) is 19.4 Å². The first kappa shape index (κ1) is 34.8. The fourth-order valence-electron chi connectivity index (χ4n) is 8.96. The first-order valence-electron chi connectivity index (χ1n) is 20.7. The topological polar surface area (TPSA) is 43.1 Å². The molecule has 12 rings (SSSR count). The molecule has 0 aliphatic carbocycles. The van der Waals surface area contributed by atoms with Crippen LogP contribution in [0.3, 0.4) is 0 Å². The van der Waals surface area contributed by atoms with Crippen molar-refractivity contribution in [2.45, 2.75) is 0 Å². The Kier molecular flexibility index (Phi) is 8.13. The fraction of sp³-hybridized carbons (Fsp3) is 0. The van der Waals surface area contributed by atoms with Gasteiger partial charge in [-0.25, -0.2) is 15.0 Å². The quantitative estimate of drug-likeness (QED) is 0.162. The zero-order valence-corrected chi connectivity index (χ0v) is 33.1. The summed E-state index contributed by atoms with van der Waals surface area (Å²) in [5, 5.41) is 5.02. The Morgan fingerprint density at radius 2 is 0.574 bits per heavy atom. The Balaban J connectivity index is 0.959. The summed E-state index contributed by atoms with van der Waals surface area (Å²) in [7, 11) is 0. The normalized spacial score (nSPS) is 11.6. The number of nitrogens with zero attached hydrogens (tertiary/aromatic N) is 4. The molecule has 0 N–H and O–H groups in total. The molecule has 4 nitrogen and oxygen atoms in total. The van der Waals surface area contributed by atoms with Gasteiger partial charge in [-0.2, -0.15) is 0 Å². The fourth-order valence-corrected chi connectivity index (χ4v) is 8.96. The number of hydrogen-bond acceptors (Lipinski definition) is 3. The van der Waals surface area contributed by atoms with Crippen LogP contribution in [0.4, 0.5) is 0 Å². The molecular weight excluding hydrogens is 741 g/mol. The number of aromatic nitrogens is 4. The third-order valence-electron chi connectivity index (χ3n) is 12.0. The lowest BCUT2D eigenvalue weighted by molar-refractivity contribution is 1.07. The van der Waals surface area contributed by atoms with E-state index in [-0.39, 0.29) is 0 Å². The summed E-state index contributed by atoms with van der Waals surface area (Å²) in [6.07, 6.45) is 0.